The van der Waals surface area contributed by atoms with Gasteiger partial charge in [-0.2, -0.15) is 0 Å². The van der Waals surface area contributed by atoms with Crippen molar-refractivity contribution in [2.75, 3.05) is 40.3 Å². The highest BCUT2D eigenvalue weighted by Crippen LogP contribution is 2.38. The number of nitrogens with one attached hydrogen (secondary N) is 2. The Morgan fingerprint density at radius 3 is 1.56 bits per heavy atom. The molecule has 4 atom stereocenters. The highest BCUT2D eigenvalue weighted by atomic mass is 16.3. The number of amides is 2. The Balaban J connectivity index is 0.861. The molecule has 5 heterocycles. The van der Waals surface area contributed by atoms with E-state index >= 15 is 0 Å². The maximum absolute atomic E-state index is 14.5. The minimum absolute atomic E-state index is 0.0901. The molecule has 11 nitrogen and oxygen atoms in total. The first-order valence-electron chi connectivity index (χ1n) is 21.8. The molecule has 0 radical (unpaired) electrons. The minimum Gasteiger partial charge on any atom is -0.390 e. The molecule has 0 bridgehead atoms. The minimum atomic E-state index is -0.695. The molecular weight excluding hydrogens is 761 g/mol. The van der Waals surface area contributed by atoms with E-state index in [2.05, 4.69) is 63.4 Å². The summed E-state index contributed by atoms with van der Waals surface area (Å²) in [4.78, 5) is 53.4. The molecule has 11 heteroatoms. The van der Waals surface area contributed by atoms with E-state index in [1.165, 1.54) is 0 Å². The van der Waals surface area contributed by atoms with Crippen LogP contribution >= 0.6 is 0 Å². The van der Waals surface area contributed by atoms with Crippen LogP contribution in [0.4, 0.5) is 0 Å². The van der Waals surface area contributed by atoms with Crippen LogP contribution in [0, 0.1) is 0 Å². The second kappa shape index (κ2) is 17.2. The number of aliphatic hydroxyl groups is 1. The Hall–Kier alpha value is -5.88. The Kier molecular flexibility index (Phi) is 11.5. The molecule has 2 unspecified atom stereocenters. The fraction of sp³-hybridized carbons (Fsp3) is 0.360. The van der Waals surface area contributed by atoms with Crippen molar-refractivity contribution in [3.05, 3.63) is 144 Å². The van der Waals surface area contributed by atoms with Crippen LogP contribution < -0.4 is 0 Å². The number of imidazole rings is 2. The summed E-state index contributed by atoms with van der Waals surface area (Å²) in [6.07, 6.45) is 8.64. The number of hydrogen-bond donors (Lipinski definition) is 3. The van der Waals surface area contributed by atoms with Crippen LogP contribution in [0.1, 0.15) is 92.4 Å². The zero-order chi connectivity index (χ0) is 42.1. The summed E-state index contributed by atoms with van der Waals surface area (Å²) in [5.41, 5.74) is 7.41. The Morgan fingerprint density at radius 1 is 0.639 bits per heavy atom. The van der Waals surface area contributed by atoms with E-state index in [0.717, 1.165) is 82.1 Å². The molecule has 3 aliphatic heterocycles. The lowest BCUT2D eigenvalue weighted by atomic mass is 9.91. The van der Waals surface area contributed by atoms with Gasteiger partial charge in [0.1, 0.15) is 23.7 Å². The predicted molar refractivity (Wildman–Crippen MR) is 238 cm³/mol. The lowest BCUT2D eigenvalue weighted by Crippen LogP contribution is -2.49. The number of H-pyrrole nitrogens is 2. The fourth-order valence-corrected chi connectivity index (χ4v) is 9.64. The monoisotopic (exact) mass is 816 g/mol. The topological polar surface area (TPSA) is 125 Å². The second-order valence-corrected chi connectivity index (χ2v) is 17.5. The van der Waals surface area contributed by atoms with Crippen molar-refractivity contribution in [2.24, 2.45) is 0 Å². The van der Waals surface area contributed by atoms with Crippen molar-refractivity contribution in [2.45, 2.75) is 75.2 Å². The van der Waals surface area contributed by atoms with Crippen LogP contribution in [-0.2, 0) is 9.59 Å². The van der Waals surface area contributed by atoms with Crippen molar-refractivity contribution in [3.8, 4) is 33.6 Å². The van der Waals surface area contributed by atoms with Gasteiger partial charge in [0.25, 0.3) is 0 Å². The molecule has 4 aromatic carbocycles. The maximum Gasteiger partial charge on any atom is 0.245 e. The molecule has 314 valence electrons. The number of carbonyl (C=O) groups excluding carboxylic acids is 2. The van der Waals surface area contributed by atoms with Gasteiger partial charge in [-0.1, -0.05) is 109 Å². The van der Waals surface area contributed by atoms with E-state index in [1.54, 1.807) is 0 Å². The molecule has 0 saturated carbocycles. The molecule has 6 aromatic rings. The number of likely N-dealkylation sites (N-methyl/N-ethyl adjacent to an activating group) is 1. The highest BCUT2D eigenvalue weighted by Gasteiger charge is 2.41. The number of rotatable bonds is 11. The first-order valence-corrected chi connectivity index (χ1v) is 21.8. The number of hydrogen-bond acceptors (Lipinski definition) is 7. The Bertz CT molecular complexity index is 2420. The fourth-order valence-electron chi connectivity index (χ4n) is 9.64. The van der Waals surface area contributed by atoms with E-state index in [1.807, 2.05) is 109 Å². The molecule has 9 rings (SSSR count). The van der Waals surface area contributed by atoms with Crippen molar-refractivity contribution in [1.29, 1.82) is 0 Å². The van der Waals surface area contributed by atoms with Gasteiger partial charge in [-0.15, -0.1) is 0 Å². The number of nitrogens with zero attached hydrogens (tertiary/aromatic N) is 6. The van der Waals surface area contributed by atoms with E-state index in [4.69, 9.17) is 9.97 Å². The normalized spacial score (nSPS) is 20.3. The standard InChI is InChI=1S/C50H56N8O3/c1-50(61)26-30-56(31-27-50)45(39-14-8-5-9-15-39)49(60)58-29-11-17-43(58)47-52-33-41(54-47)37-24-20-35(21-25-37)34-18-22-36(23-19-34)40-32-51-46(53-40)42-16-10-28-57(42)48(59)44(55(2)3)38-12-6-4-7-13-38/h4-9,12-15,18-25,32-33,42-45,61H,10-11,16-17,26-31H2,1-3H3,(H,51,53)(H,52,54)/t42?,43-,44?,45+/m0/s1. The van der Waals surface area contributed by atoms with Crippen molar-refractivity contribution < 1.29 is 14.7 Å². The van der Waals surface area contributed by atoms with Crippen LogP contribution in [-0.4, -0.2) is 102 Å². The zero-order valence-corrected chi connectivity index (χ0v) is 35.4. The van der Waals surface area contributed by atoms with Crippen LogP contribution in [0.3, 0.4) is 0 Å². The van der Waals surface area contributed by atoms with Crippen LogP contribution in [0.2, 0.25) is 0 Å². The van der Waals surface area contributed by atoms with E-state index in [-0.39, 0.29) is 29.9 Å². The molecule has 2 amide bonds. The van der Waals surface area contributed by atoms with Gasteiger partial charge in [0.15, 0.2) is 0 Å². The number of likely N-dealkylation sites (tertiary alicyclic amines) is 3. The summed E-state index contributed by atoms with van der Waals surface area (Å²) in [6.45, 7) is 4.64. The smallest absolute Gasteiger partial charge is 0.245 e. The molecule has 0 spiro atoms. The van der Waals surface area contributed by atoms with Gasteiger partial charge < -0.3 is 24.9 Å². The third-order valence-electron chi connectivity index (χ3n) is 13.1. The maximum atomic E-state index is 14.5. The van der Waals surface area contributed by atoms with Gasteiger partial charge in [-0.05, 0) is 92.9 Å². The van der Waals surface area contributed by atoms with Gasteiger partial charge in [0.2, 0.25) is 11.8 Å². The molecule has 61 heavy (non-hydrogen) atoms. The summed E-state index contributed by atoms with van der Waals surface area (Å²) < 4.78 is 0. The molecule has 2 aromatic heterocycles. The second-order valence-electron chi connectivity index (χ2n) is 17.5. The summed E-state index contributed by atoms with van der Waals surface area (Å²) >= 11 is 0. The number of aromatic amines is 2. The lowest BCUT2D eigenvalue weighted by Gasteiger charge is -2.41. The first-order chi connectivity index (χ1) is 29.6. The van der Waals surface area contributed by atoms with Crippen molar-refractivity contribution in [3.63, 3.8) is 0 Å². The lowest BCUT2D eigenvalue weighted by molar-refractivity contribution is -0.140. The average Bonchev–Trinajstić information content (AvgIpc) is 4.13. The number of carbonyl (C=O) groups is 2. The van der Waals surface area contributed by atoms with Gasteiger partial charge in [-0.3, -0.25) is 19.4 Å². The Morgan fingerprint density at radius 2 is 1.08 bits per heavy atom. The highest BCUT2D eigenvalue weighted by molar-refractivity contribution is 5.85. The zero-order valence-electron chi connectivity index (χ0n) is 35.4. The van der Waals surface area contributed by atoms with Gasteiger partial charge in [-0.25, -0.2) is 9.97 Å². The predicted octanol–water partition coefficient (Wildman–Crippen LogP) is 8.35. The number of aromatic nitrogens is 4. The van der Waals surface area contributed by atoms with Crippen LogP contribution in [0.5, 0.6) is 0 Å². The van der Waals surface area contributed by atoms with E-state index < -0.39 is 11.6 Å². The van der Waals surface area contributed by atoms with Crippen LogP contribution in [0.25, 0.3) is 33.6 Å². The average molecular weight is 817 g/mol. The molecule has 3 fully saturated rings. The molecular formula is C50H56N8O3. The van der Waals surface area contributed by atoms with Crippen molar-refractivity contribution in [1.82, 2.24) is 39.5 Å². The van der Waals surface area contributed by atoms with Crippen LogP contribution in [0.15, 0.2) is 122 Å². The first kappa shape index (κ1) is 40.5. The summed E-state index contributed by atoms with van der Waals surface area (Å²) in [5.74, 6) is 1.84. The van der Waals surface area contributed by atoms with Crippen molar-refractivity contribution >= 4 is 11.8 Å². The number of benzene rings is 4. The van der Waals surface area contributed by atoms with Gasteiger partial charge in [0, 0.05) is 26.2 Å². The molecule has 3 N–H and O–H groups in total. The molecule has 3 saturated heterocycles. The largest absolute Gasteiger partial charge is 0.390 e. The molecule has 0 aliphatic carbocycles. The molecule has 3 aliphatic rings. The summed E-state index contributed by atoms with van der Waals surface area (Å²) in [5, 5.41) is 10.6. The SMILES string of the molecule is CN(C)C(C(=O)N1CCCC1c1ncc(-c2ccc(-c3ccc(-c4cnc([C@@H]5CCCN5C(=O)[C@@H](c5ccccc5)N5CCC(C)(O)CC5)[nH]4)cc3)cc2)[nH]1)c1ccccc1. The van der Waals surface area contributed by atoms with E-state index in [0.29, 0.717) is 39.0 Å². The summed E-state index contributed by atoms with van der Waals surface area (Å²) in [6, 6.07) is 36.1. The van der Waals surface area contributed by atoms with E-state index in [9.17, 15) is 14.7 Å². The quantitative estimate of drug-likeness (QED) is 0.120. The third kappa shape index (κ3) is 8.42. The van der Waals surface area contributed by atoms with Gasteiger partial charge >= 0.3 is 0 Å². The third-order valence-corrected chi connectivity index (χ3v) is 13.1. The Labute approximate surface area is 358 Å². The van der Waals surface area contributed by atoms with Gasteiger partial charge in [0.05, 0.1) is 41.5 Å². The number of piperidine rings is 1. The summed E-state index contributed by atoms with van der Waals surface area (Å²) in [7, 11) is 3.92.